The minimum absolute atomic E-state index is 0.0758. The fourth-order valence-corrected chi connectivity index (χ4v) is 4.23. The SMILES string of the molecule is CCCS(=O)(=O)ON1c2ccccc2Oc2cccc(-c3cccc(CC)n3)c21. The molecular formula is C22H22N2O4S. The second-order valence-corrected chi connectivity index (χ2v) is 8.39. The lowest BCUT2D eigenvalue weighted by atomic mass is 10.1. The van der Waals surface area contributed by atoms with E-state index < -0.39 is 10.1 Å². The third kappa shape index (κ3) is 3.83. The van der Waals surface area contributed by atoms with Crippen LogP contribution in [0.1, 0.15) is 26.0 Å². The molecule has 2 aromatic carbocycles. The summed E-state index contributed by atoms with van der Waals surface area (Å²) in [4.78, 5) is 4.71. The Hall–Kier alpha value is -2.90. The van der Waals surface area contributed by atoms with Crippen LogP contribution in [0, 0.1) is 0 Å². The number of hydrogen-bond acceptors (Lipinski definition) is 6. The molecule has 7 heteroatoms. The summed E-state index contributed by atoms with van der Waals surface area (Å²) in [5, 5.41) is 1.36. The van der Waals surface area contributed by atoms with Crippen LogP contribution < -0.4 is 9.80 Å². The van der Waals surface area contributed by atoms with Gasteiger partial charge in [-0.3, -0.25) is 4.98 Å². The monoisotopic (exact) mass is 410 g/mol. The Balaban J connectivity index is 1.90. The lowest BCUT2D eigenvalue weighted by molar-refractivity contribution is 0.308. The van der Waals surface area contributed by atoms with Crippen LogP contribution in [-0.2, 0) is 20.8 Å². The highest BCUT2D eigenvalue weighted by molar-refractivity contribution is 7.86. The Morgan fingerprint density at radius 3 is 2.52 bits per heavy atom. The van der Waals surface area contributed by atoms with E-state index in [1.165, 1.54) is 5.06 Å². The standard InChI is InChI=1S/C22H22N2O4S/c1-3-15-29(25,26)28-24-19-12-5-6-13-20(19)27-21-14-8-10-17(22(21)24)18-11-7-9-16(4-2)23-18/h5-14H,3-4,15H2,1-2H3. The maximum absolute atomic E-state index is 12.5. The Labute approximate surface area is 170 Å². The average Bonchev–Trinajstić information content (AvgIpc) is 2.73. The van der Waals surface area contributed by atoms with E-state index in [0.29, 0.717) is 29.3 Å². The molecule has 0 radical (unpaired) electrons. The highest BCUT2D eigenvalue weighted by atomic mass is 32.2. The summed E-state index contributed by atoms with van der Waals surface area (Å²) in [5.41, 5.74) is 3.46. The number of fused-ring (bicyclic) bond motifs is 2. The van der Waals surface area contributed by atoms with Crippen molar-refractivity contribution in [3.8, 4) is 22.8 Å². The zero-order valence-electron chi connectivity index (χ0n) is 16.3. The molecule has 1 aliphatic rings. The van der Waals surface area contributed by atoms with E-state index in [4.69, 9.17) is 14.0 Å². The Morgan fingerprint density at radius 2 is 1.72 bits per heavy atom. The third-order valence-electron chi connectivity index (χ3n) is 4.59. The van der Waals surface area contributed by atoms with Crippen LogP contribution in [0.25, 0.3) is 11.3 Å². The van der Waals surface area contributed by atoms with E-state index in [9.17, 15) is 8.42 Å². The van der Waals surface area contributed by atoms with E-state index in [1.807, 2.05) is 49.4 Å². The molecule has 0 unspecified atom stereocenters. The topological polar surface area (TPSA) is 68.7 Å². The first-order chi connectivity index (χ1) is 14.0. The molecule has 0 saturated carbocycles. The van der Waals surface area contributed by atoms with Crippen LogP contribution in [-0.4, -0.2) is 19.2 Å². The number of anilines is 2. The second kappa shape index (κ2) is 7.85. The number of aryl methyl sites for hydroxylation is 1. The molecule has 29 heavy (non-hydrogen) atoms. The molecule has 0 N–H and O–H groups in total. The molecule has 4 rings (SSSR count). The van der Waals surface area contributed by atoms with Crippen LogP contribution in [0.5, 0.6) is 11.5 Å². The van der Waals surface area contributed by atoms with Gasteiger partial charge in [-0.05, 0) is 43.2 Å². The van der Waals surface area contributed by atoms with Crippen molar-refractivity contribution in [2.24, 2.45) is 0 Å². The largest absolute Gasteiger partial charge is 0.453 e. The van der Waals surface area contributed by atoms with E-state index >= 15 is 0 Å². The van der Waals surface area contributed by atoms with Crippen molar-refractivity contribution in [3.05, 3.63) is 66.4 Å². The summed E-state index contributed by atoms with van der Waals surface area (Å²) in [5.74, 6) is 0.962. The van der Waals surface area contributed by atoms with Gasteiger partial charge in [0.25, 0.3) is 10.1 Å². The number of para-hydroxylation sites is 3. The molecule has 0 bridgehead atoms. The summed E-state index contributed by atoms with van der Waals surface area (Å²) in [6, 6.07) is 18.5. The lowest BCUT2D eigenvalue weighted by Crippen LogP contribution is -2.27. The van der Waals surface area contributed by atoms with Crippen LogP contribution in [0.2, 0.25) is 0 Å². The Kier molecular flexibility index (Phi) is 5.25. The highest BCUT2D eigenvalue weighted by Crippen LogP contribution is 2.50. The fourth-order valence-electron chi connectivity index (χ4n) is 3.28. The van der Waals surface area contributed by atoms with Gasteiger partial charge in [-0.1, -0.05) is 44.2 Å². The van der Waals surface area contributed by atoms with Crippen molar-refractivity contribution in [2.75, 3.05) is 10.8 Å². The minimum atomic E-state index is -3.78. The van der Waals surface area contributed by atoms with Crippen molar-refractivity contribution >= 4 is 21.5 Å². The van der Waals surface area contributed by atoms with Crippen molar-refractivity contribution < 1.29 is 17.4 Å². The predicted molar refractivity (Wildman–Crippen MR) is 113 cm³/mol. The first-order valence-corrected chi connectivity index (χ1v) is 11.2. The molecule has 1 aliphatic heterocycles. The lowest BCUT2D eigenvalue weighted by Gasteiger charge is -2.32. The summed E-state index contributed by atoms with van der Waals surface area (Å²) < 4.78 is 36.7. The van der Waals surface area contributed by atoms with Gasteiger partial charge in [0.05, 0.1) is 11.4 Å². The maximum Gasteiger partial charge on any atom is 0.288 e. The smallest absolute Gasteiger partial charge is 0.288 e. The van der Waals surface area contributed by atoms with Crippen LogP contribution >= 0.6 is 0 Å². The van der Waals surface area contributed by atoms with Gasteiger partial charge in [-0.25, -0.2) is 0 Å². The minimum Gasteiger partial charge on any atom is -0.453 e. The summed E-state index contributed by atoms with van der Waals surface area (Å²) >= 11 is 0. The predicted octanol–water partition coefficient (Wildman–Crippen LogP) is 5.23. The Morgan fingerprint density at radius 1 is 0.966 bits per heavy atom. The number of pyridine rings is 1. The molecular weight excluding hydrogens is 388 g/mol. The molecule has 0 amide bonds. The first kappa shape index (κ1) is 19.4. The quantitative estimate of drug-likeness (QED) is 0.554. The average molecular weight is 410 g/mol. The van der Waals surface area contributed by atoms with Gasteiger partial charge in [0.1, 0.15) is 11.4 Å². The van der Waals surface area contributed by atoms with Gasteiger partial charge in [0.2, 0.25) is 0 Å². The summed E-state index contributed by atoms with van der Waals surface area (Å²) in [7, 11) is -3.78. The molecule has 0 fully saturated rings. The van der Waals surface area contributed by atoms with E-state index in [0.717, 1.165) is 23.4 Å². The van der Waals surface area contributed by atoms with Crippen molar-refractivity contribution in [1.82, 2.24) is 4.98 Å². The summed E-state index contributed by atoms with van der Waals surface area (Å²) in [6.45, 7) is 3.84. The van der Waals surface area contributed by atoms with Crippen molar-refractivity contribution in [2.45, 2.75) is 26.7 Å². The van der Waals surface area contributed by atoms with Crippen LogP contribution in [0.15, 0.2) is 60.7 Å². The van der Waals surface area contributed by atoms with Gasteiger partial charge in [0, 0.05) is 11.3 Å². The van der Waals surface area contributed by atoms with Crippen molar-refractivity contribution in [3.63, 3.8) is 0 Å². The van der Waals surface area contributed by atoms with E-state index in [-0.39, 0.29) is 5.75 Å². The number of hydrogen-bond donors (Lipinski definition) is 0. The van der Waals surface area contributed by atoms with Crippen molar-refractivity contribution in [1.29, 1.82) is 0 Å². The molecule has 1 aromatic heterocycles. The number of aromatic nitrogens is 1. The highest BCUT2D eigenvalue weighted by Gasteiger charge is 2.32. The molecule has 3 aromatic rings. The van der Waals surface area contributed by atoms with Gasteiger partial charge in [0.15, 0.2) is 11.5 Å². The van der Waals surface area contributed by atoms with Gasteiger partial charge in [-0.2, -0.15) is 13.5 Å². The first-order valence-electron chi connectivity index (χ1n) is 9.61. The number of ether oxygens (including phenoxy) is 1. The number of benzene rings is 2. The normalized spacial score (nSPS) is 12.8. The summed E-state index contributed by atoms with van der Waals surface area (Å²) in [6.07, 6.45) is 1.26. The zero-order chi connectivity index (χ0) is 20.4. The van der Waals surface area contributed by atoms with Crippen LogP contribution in [0.4, 0.5) is 11.4 Å². The van der Waals surface area contributed by atoms with E-state index in [2.05, 4.69) is 0 Å². The number of rotatable bonds is 6. The van der Waals surface area contributed by atoms with Gasteiger partial charge < -0.3 is 4.74 Å². The third-order valence-corrected chi connectivity index (χ3v) is 5.88. The van der Waals surface area contributed by atoms with E-state index in [1.54, 1.807) is 25.1 Å². The molecule has 0 spiro atoms. The molecule has 0 saturated heterocycles. The fraction of sp³-hybridized carbons (Fsp3) is 0.227. The maximum atomic E-state index is 12.5. The zero-order valence-corrected chi connectivity index (χ0v) is 17.1. The van der Waals surface area contributed by atoms with Crippen LogP contribution in [0.3, 0.4) is 0 Å². The molecule has 150 valence electrons. The Bertz CT molecular complexity index is 1150. The molecule has 0 atom stereocenters. The molecule has 6 nitrogen and oxygen atoms in total. The number of nitrogens with zero attached hydrogens (tertiary/aromatic N) is 2. The van der Waals surface area contributed by atoms with Gasteiger partial charge in [-0.15, -0.1) is 4.28 Å². The second-order valence-electron chi connectivity index (χ2n) is 6.72. The molecule has 2 heterocycles. The molecule has 0 aliphatic carbocycles. The van der Waals surface area contributed by atoms with Gasteiger partial charge >= 0.3 is 0 Å².